The molecule has 8 heteroatoms. The van der Waals surface area contributed by atoms with Gasteiger partial charge in [-0.15, -0.1) is 11.3 Å². The molecule has 1 amide bonds. The zero-order valence-corrected chi connectivity index (χ0v) is 10.5. The van der Waals surface area contributed by atoms with Crippen LogP contribution in [-0.4, -0.2) is 10.9 Å². The standard InChI is InChI=1S/C12H6F3N3OS/c13-12(14,15)9-6-20-11(17-9)18-10(19)8-3-1-2-7(4-8)5-16/h1-4,6H,(H,17,18,19). The van der Waals surface area contributed by atoms with E-state index in [9.17, 15) is 18.0 Å². The van der Waals surface area contributed by atoms with Crippen molar-refractivity contribution in [2.24, 2.45) is 0 Å². The van der Waals surface area contributed by atoms with Crippen LogP contribution in [0.4, 0.5) is 18.3 Å². The van der Waals surface area contributed by atoms with Crippen molar-refractivity contribution in [1.82, 2.24) is 4.98 Å². The van der Waals surface area contributed by atoms with Crippen LogP contribution in [0.25, 0.3) is 0 Å². The molecule has 102 valence electrons. The molecule has 0 saturated heterocycles. The van der Waals surface area contributed by atoms with Gasteiger partial charge in [0.2, 0.25) is 0 Å². The minimum Gasteiger partial charge on any atom is -0.298 e. The SMILES string of the molecule is N#Cc1cccc(C(=O)Nc2nc(C(F)(F)F)cs2)c1. The van der Waals surface area contributed by atoms with Gasteiger partial charge in [-0.2, -0.15) is 18.4 Å². The highest BCUT2D eigenvalue weighted by Gasteiger charge is 2.33. The van der Waals surface area contributed by atoms with Gasteiger partial charge in [0.05, 0.1) is 11.6 Å². The minimum absolute atomic E-state index is 0.148. The zero-order valence-electron chi connectivity index (χ0n) is 9.73. The molecule has 1 heterocycles. The zero-order chi connectivity index (χ0) is 14.8. The topological polar surface area (TPSA) is 65.8 Å². The van der Waals surface area contributed by atoms with E-state index in [1.54, 1.807) is 0 Å². The number of thiazole rings is 1. The third-order valence-electron chi connectivity index (χ3n) is 2.27. The highest BCUT2D eigenvalue weighted by Crippen LogP contribution is 2.31. The van der Waals surface area contributed by atoms with Crippen molar-refractivity contribution in [3.63, 3.8) is 0 Å². The summed E-state index contributed by atoms with van der Waals surface area (Å²) in [5.41, 5.74) is -0.593. The summed E-state index contributed by atoms with van der Waals surface area (Å²) in [5.74, 6) is -0.620. The van der Waals surface area contributed by atoms with Gasteiger partial charge >= 0.3 is 6.18 Å². The van der Waals surface area contributed by atoms with Gasteiger partial charge in [0.1, 0.15) is 0 Å². The Balaban J connectivity index is 2.16. The third-order valence-corrected chi connectivity index (χ3v) is 3.03. The molecule has 0 aliphatic carbocycles. The number of nitrogens with one attached hydrogen (secondary N) is 1. The van der Waals surface area contributed by atoms with Crippen LogP contribution in [0.2, 0.25) is 0 Å². The Bertz CT molecular complexity index is 688. The molecule has 0 atom stereocenters. The molecule has 1 N–H and O–H groups in total. The Labute approximate surface area is 115 Å². The summed E-state index contributed by atoms with van der Waals surface area (Å²) in [6.45, 7) is 0. The average molecular weight is 297 g/mol. The van der Waals surface area contributed by atoms with Crippen LogP contribution in [0.1, 0.15) is 21.6 Å². The van der Waals surface area contributed by atoms with E-state index in [-0.39, 0.29) is 16.3 Å². The van der Waals surface area contributed by atoms with Crippen molar-refractivity contribution in [2.75, 3.05) is 5.32 Å². The summed E-state index contributed by atoms with van der Waals surface area (Å²) in [6.07, 6.45) is -4.54. The summed E-state index contributed by atoms with van der Waals surface area (Å²) >= 11 is 0.681. The van der Waals surface area contributed by atoms with Gasteiger partial charge in [0, 0.05) is 10.9 Å². The first kappa shape index (κ1) is 14.0. The van der Waals surface area contributed by atoms with Crippen LogP contribution in [-0.2, 0) is 6.18 Å². The van der Waals surface area contributed by atoms with E-state index in [0.717, 1.165) is 5.38 Å². The number of hydrogen-bond acceptors (Lipinski definition) is 4. The maximum absolute atomic E-state index is 12.4. The molecule has 2 rings (SSSR count). The van der Waals surface area contributed by atoms with Crippen molar-refractivity contribution in [3.8, 4) is 6.07 Å². The second-order valence-corrected chi connectivity index (χ2v) is 4.54. The van der Waals surface area contributed by atoms with Crippen molar-refractivity contribution < 1.29 is 18.0 Å². The Morgan fingerprint density at radius 3 is 2.75 bits per heavy atom. The number of nitrogens with zero attached hydrogens (tertiary/aromatic N) is 2. The number of anilines is 1. The summed E-state index contributed by atoms with van der Waals surface area (Å²) in [4.78, 5) is 15.1. The molecule has 4 nitrogen and oxygen atoms in total. The number of nitriles is 1. The molecular formula is C12H6F3N3OS. The van der Waals surface area contributed by atoms with Crippen molar-refractivity contribution >= 4 is 22.4 Å². The predicted molar refractivity (Wildman–Crippen MR) is 66.2 cm³/mol. The van der Waals surface area contributed by atoms with Crippen LogP contribution in [0.3, 0.4) is 0 Å². The van der Waals surface area contributed by atoms with Gasteiger partial charge in [-0.05, 0) is 18.2 Å². The third kappa shape index (κ3) is 3.13. The lowest BCUT2D eigenvalue weighted by molar-refractivity contribution is -0.140. The van der Waals surface area contributed by atoms with E-state index in [4.69, 9.17) is 5.26 Å². The smallest absolute Gasteiger partial charge is 0.298 e. The number of halogens is 3. The van der Waals surface area contributed by atoms with Crippen molar-refractivity contribution in [3.05, 3.63) is 46.5 Å². The molecule has 0 bridgehead atoms. The quantitative estimate of drug-likeness (QED) is 0.925. The Hall–Kier alpha value is -2.40. The van der Waals surface area contributed by atoms with Gasteiger partial charge in [0.15, 0.2) is 10.8 Å². The summed E-state index contributed by atoms with van der Waals surface area (Å²) < 4.78 is 37.1. The van der Waals surface area contributed by atoms with Crippen molar-refractivity contribution in [2.45, 2.75) is 6.18 Å². The molecular weight excluding hydrogens is 291 g/mol. The number of rotatable bonds is 2. The Morgan fingerprint density at radius 1 is 1.40 bits per heavy atom. The van der Waals surface area contributed by atoms with E-state index in [2.05, 4.69) is 10.3 Å². The molecule has 20 heavy (non-hydrogen) atoms. The molecule has 0 spiro atoms. The van der Waals surface area contributed by atoms with Crippen LogP contribution < -0.4 is 5.32 Å². The lowest BCUT2D eigenvalue weighted by atomic mass is 10.1. The first-order chi connectivity index (χ1) is 9.40. The van der Waals surface area contributed by atoms with Gasteiger partial charge in [-0.3, -0.25) is 10.1 Å². The maximum atomic E-state index is 12.4. The molecule has 0 aliphatic heterocycles. The summed E-state index contributed by atoms with van der Waals surface area (Å²) in [6, 6.07) is 7.69. The number of carbonyl (C=O) groups is 1. The van der Waals surface area contributed by atoms with E-state index < -0.39 is 17.8 Å². The van der Waals surface area contributed by atoms with E-state index in [0.29, 0.717) is 11.3 Å². The first-order valence-electron chi connectivity index (χ1n) is 5.24. The molecule has 2 aromatic rings. The van der Waals surface area contributed by atoms with Gasteiger partial charge in [-0.25, -0.2) is 4.98 Å². The normalized spacial score (nSPS) is 10.9. The fourth-order valence-electron chi connectivity index (χ4n) is 1.36. The van der Waals surface area contributed by atoms with Gasteiger partial charge in [0.25, 0.3) is 5.91 Å². The van der Waals surface area contributed by atoms with E-state index >= 15 is 0 Å². The molecule has 0 saturated carbocycles. The van der Waals surface area contributed by atoms with E-state index in [1.807, 2.05) is 6.07 Å². The second kappa shape index (κ2) is 5.30. The van der Waals surface area contributed by atoms with Crippen LogP contribution in [0, 0.1) is 11.3 Å². The fraction of sp³-hybridized carbons (Fsp3) is 0.0833. The Kier molecular flexibility index (Phi) is 3.72. The highest BCUT2D eigenvalue weighted by atomic mass is 32.1. The summed E-state index contributed by atoms with van der Waals surface area (Å²) in [7, 11) is 0. The number of amides is 1. The molecule has 0 fully saturated rings. The number of alkyl halides is 3. The van der Waals surface area contributed by atoms with Gasteiger partial charge < -0.3 is 0 Å². The lowest BCUT2D eigenvalue weighted by Gasteiger charge is -2.02. The monoisotopic (exact) mass is 297 g/mol. The maximum Gasteiger partial charge on any atom is 0.434 e. The number of hydrogen-bond donors (Lipinski definition) is 1. The van der Waals surface area contributed by atoms with E-state index in [1.165, 1.54) is 24.3 Å². The largest absolute Gasteiger partial charge is 0.434 e. The minimum atomic E-state index is -4.54. The van der Waals surface area contributed by atoms with Crippen molar-refractivity contribution in [1.29, 1.82) is 5.26 Å². The average Bonchev–Trinajstić information content (AvgIpc) is 2.87. The predicted octanol–water partition coefficient (Wildman–Crippen LogP) is 3.29. The Morgan fingerprint density at radius 2 is 2.15 bits per heavy atom. The second-order valence-electron chi connectivity index (χ2n) is 3.68. The van der Waals surface area contributed by atoms with Gasteiger partial charge in [-0.1, -0.05) is 6.07 Å². The highest BCUT2D eigenvalue weighted by molar-refractivity contribution is 7.14. The first-order valence-corrected chi connectivity index (χ1v) is 6.12. The molecule has 0 unspecified atom stereocenters. The fourth-order valence-corrected chi connectivity index (χ4v) is 2.07. The number of aromatic nitrogens is 1. The molecule has 0 aliphatic rings. The summed E-state index contributed by atoms with van der Waals surface area (Å²) in [5, 5.41) is 11.6. The molecule has 1 aromatic carbocycles. The number of carbonyl (C=O) groups excluding carboxylic acids is 1. The molecule has 0 radical (unpaired) electrons. The van der Waals surface area contributed by atoms with Crippen LogP contribution >= 0.6 is 11.3 Å². The van der Waals surface area contributed by atoms with Crippen LogP contribution in [0.5, 0.6) is 0 Å². The molecule has 1 aromatic heterocycles. The number of benzene rings is 1. The lowest BCUT2D eigenvalue weighted by Crippen LogP contribution is -2.12. The van der Waals surface area contributed by atoms with Crippen LogP contribution in [0.15, 0.2) is 29.6 Å².